The fraction of sp³-hybridized carbons (Fsp3) is 0.100. The molecule has 9 heteroatoms. The van der Waals surface area contributed by atoms with E-state index in [-0.39, 0.29) is 11.7 Å². The van der Waals surface area contributed by atoms with Crippen LogP contribution in [0.4, 0.5) is 5.69 Å². The molecule has 0 spiro atoms. The van der Waals surface area contributed by atoms with Crippen LogP contribution in [0.5, 0.6) is 11.5 Å². The summed E-state index contributed by atoms with van der Waals surface area (Å²) in [6.07, 6.45) is 1.67. The van der Waals surface area contributed by atoms with Crippen LogP contribution in [0.3, 0.4) is 0 Å². The zero-order chi connectivity index (χ0) is 21.0. The molecular weight excluding hydrogens is 412 g/mol. The maximum atomic E-state index is 12.8. The molecule has 146 valence electrons. The zero-order valence-electron chi connectivity index (χ0n) is 15.1. The van der Waals surface area contributed by atoms with Crippen LogP contribution in [0.1, 0.15) is 11.1 Å². The summed E-state index contributed by atoms with van der Waals surface area (Å²) in [5.74, 6) is -0.725. The highest BCUT2D eigenvalue weighted by molar-refractivity contribution is 8.27. The first-order valence-corrected chi connectivity index (χ1v) is 9.46. The van der Waals surface area contributed by atoms with Gasteiger partial charge in [-0.3, -0.25) is 9.69 Å². The Labute approximate surface area is 176 Å². The number of methoxy groups -OCH3 is 1. The normalized spacial score (nSPS) is 14.8. The molecule has 0 aromatic heterocycles. The second kappa shape index (κ2) is 8.77. The van der Waals surface area contributed by atoms with Crippen LogP contribution in [0.25, 0.3) is 6.08 Å². The molecule has 0 saturated carbocycles. The lowest BCUT2D eigenvalue weighted by Crippen LogP contribution is -2.27. The summed E-state index contributed by atoms with van der Waals surface area (Å²) in [6.45, 7) is -0.487. The van der Waals surface area contributed by atoms with Gasteiger partial charge in [-0.05, 0) is 48.0 Å². The van der Waals surface area contributed by atoms with E-state index in [1.165, 1.54) is 23.8 Å². The summed E-state index contributed by atoms with van der Waals surface area (Å²) in [7, 11) is 1.44. The smallest absolute Gasteiger partial charge is 0.341 e. The number of carboxylic acids is 1. The number of rotatable bonds is 6. The van der Waals surface area contributed by atoms with Gasteiger partial charge in [0.05, 0.1) is 29.3 Å². The maximum absolute atomic E-state index is 12.8. The van der Waals surface area contributed by atoms with E-state index in [9.17, 15) is 9.59 Å². The Kier molecular flexibility index (Phi) is 6.16. The molecule has 0 radical (unpaired) electrons. The Hall–Kier alpha value is -3.35. The zero-order valence-corrected chi connectivity index (χ0v) is 16.8. The predicted octanol–water partition coefficient (Wildman–Crippen LogP) is 3.44. The van der Waals surface area contributed by atoms with Gasteiger partial charge in [-0.2, -0.15) is 5.26 Å². The van der Waals surface area contributed by atoms with Crippen molar-refractivity contribution < 1.29 is 24.2 Å². The van der Waals surface area contributed by atoms with Gasteiger partial charge in [0.25, 0.3) is 5.91 Å². The van der Waals surface area contributed by atoms with Gasteiger partial charge in [0.1, 0.15) is 0 Å². The standard InChI is InChI=1S/C20H14N2O5S2/c1-26-16-8-13(4-7-15(16)27-11-18(23)24)9-17-19(25)22(20(28)29-17)14-5-2-12(10-21)3-6-14/h2-9H,11H2,1H3,(H,23,24)/b17-9-. The van der Waals surface area contributed by atoms with Crippen LogP contribution in [0.2, 0.25) is 0 Å². The van der Waals surface area contributed by atoms with E-state index in [0.29, 0.717) is 31.8 Å². The van der Waals surface area contributed by atoms with Crippen molar-refractivity contribution in [3.8, 4) is 17.6 Å². The average Bonchev–Trinajstić information content (AvgIpc) is 2.99. The summed E-state index contributed by atoms with van der Waals surface area (Å²) in [5, 5.41) is 17.6. The van der Waals surface area contributed by atoms with Crippen molar-refractivity contribution in [3.05, 3.63) is 58.5 Å². The minimum Gasteiger partial charge on any atom is -0.493 e. The lowest BCUT2D eigenvalue weighted by atomic mass is 10.1. The van der Waals surface area contributed by atoms with Crippen LogP contribution in [0, 0.1) is 11.3 Å². The molecule has 29 heavy (non-hydrogen) atoms. The predicted molar refractivity (Wildman–Crippen MR) is 113 cm³/mol. The largest absolute Gasteiger partial charge is 0.493 e. The van der Waals surface area contributed by atoms with Crippen LogP contribution in [-0.2, 0) is 9.59 Å². The first-order chi connectivity index (χ1) is 13.9. The SMILES string of the molecule is COc1cc(/C=C2\SC(=S)N(c3ccc(C#N)cc3)C2=O)ccc1OCC(=O)O. The Balaban J connectivity index is 1.85. The Morgan fingerprint density at radius 1 is 1.28 bits per heavy atom. The number of aliphatic carboxylic acids is 1. The van der Waals surface area contributed by atoms with Crippen LogP contribution in [-0.4, -0.2) is 35.0 Å². The maximum Gasteiger partial charge on any atom is 0.341 e. The highest BCUT2D eigenvalue weighted by Crippen LogP contribution is 2.37. The minimum atomic E-state index is -1.09. The quantitative estimate of drug-likeness (QED) is 0.554. The van der Waals surface area contributed by atoms with Crippen LogP contribution < -0.4 is 14.4 Å². The van der Waals surface area contributed by atoms with Crippen molar-refractivity contribution in [1.29, 1.82) is 5.26 Å². The van der Waals surface area contributed by atoms with Gasteiger partial charge in [-0.15, -0.1) is 0 Å². The number of hydrogen-bond acceptors (Lipinski definition) is 7. The summed E-state index contributed by atoms with van der Waals surface area (Å²) < 4.78 is 10.8. The monoisotopic (exact) mass is 426 g/mol. The van der Waals surface area contributed by atoms with Gasteiger partial charge in [0.2, 0.25) is 0 Å². The molecule has 1 fully saturated rings. The first kappa shape index (κ1) is 20.4. The lowest BCUT2D eigenvalue weighted by Gasteiger charge is -2.14. The molecule has 0 unspecified atom stereocenters. The van der Waals surface area contributed by atoms with Gasteiger partial charge in [0.15, 0.2) is 22.4 Å². The molecule has 7 nitrogen and oxygen atoms in total. The number of ether oxygens (including phenoxy) is 2. The van der Waals surface area contributed by atoms with Crippen LogP contribution >= 0.6 is 24.0 Å². The van der Waals surface area contributed by atoms with E-state index in [0.717, 1.165) is 0 Å². The molecule has 1 saturated heterocycles. The number of carbonyl (C=O) groups is 2. The van der Waals surface area contributed by atoms with E-state index in [2.05, 4.69) is 0 Å². The van der Waals surface area contributed by atoms with Crippen LogP contribution in [0.15, 0.2) is 47.4 Å². The topological polar surface area (TPSA) is 99.9 Å². The number of carbonyl (C=O) groups excluding carboxylic acids is 1. The fourth-order valence-electron chi connectivity index (χ4n) is 2.56. The number of thiocarbonyl (C=S) groups is 1. The first-order valence-electron chi connectivity index (χ1n) is 8.23. The molecule has 1 aliphatic rings. The highest BCUT2D eigenvalue weighted by atomic mass is 32.2. The minimum absolute atomic E-state index is 0.269. The number of nitrogens with zero attached hydrogens (tertiary/aromatic N) is 2. The lowest BCUT2D eigenvalue weighted by molar-refractivity contribution is -0.139. The second-order valence-corrected chi connectivity index (χ2v) is 7.44. The summed E-state index contributed by atoms with van der Waals surface area (Å²) >= 11 is 6.51. The Bertz CT molecular complexity index is 1060. The number of anilines is 1. The van der Waals surface area contributed by atoms with Gasteiger partial charge in [0, 0.05) is 0 Å². The fourth-order valence-corrected chi connectivity index (χ4v) is 3.86. The second-order valence-electron chi connectivity index (χ2n) is 5.77. The Morgan fingerprint density at radius 2 is 2.00 bits per heavy atom. The summed E-state index contributed by atoms with van der Waals surface area (Å²) in [4.78, 5) is 25.4. The molecular formula is C20H14N2O5S2. The van der Waals surface area contributed by atoms with Gasteiger partial charge < -0.3 is 14.6 Å². The molecule has 3 rings (SSSR count). The third-order valence-corrected chi connectivity index (χ3v) is 5.19. The molecule has 0 bridgehead atoms. The van der Waals surface area contributed by atoms with Crippen molar-refractivity contribution in [2.24, 2.45) is 0 Å². The van der Waals surface area contributed by atoms with Crippen molar-refractivity contribution in [3.63, 3.8) is 0 Å². The van der Waals surface area contributed by atoms with E-state index < -0.39 is 12.6 Å². The van der Waals surface area contributed by atoms with E-state index in [4.69, 9.17) is 32.1 Å². The van der Waals surface area contributed by atoms with E-state index in [1.807, 2.05) is 6.07 Å². The number of hydrogen-bond donors (Lipinski definition) is 1. The highest BCUT2D eigenvalue weighted by Gasteiger charge is 2.33. The van der Waals surface area contributed by atoms with Gasteiger partial charge >= 0.3 is 5.97 Å². The molecule has 0 aliphatic carbocycles. The molecule has 1 aliphatic heterocycles. The summed E-state index contributed by atoms with van der Waals surface area (Å²) in [6, 6.07) is 13.5. The molecule has 0 atom stereocenters. The molecule has 1 heterocycles. The van der Waals surface area contributed by atoms with E-state index in [1.54, 1.807) is 48.5 Å². The molecule has 2 aromatic rings. The number of benzene rings is 2. The van der Waals surface area contributed by atoms with Gasteiger partial charge in [-0.1, -0.05) is 30.0 Å². The van der Waals surface area contributed by atoms with E-state index >= 15 is 0 Å². The molecule has 1 amide bonds. The third-order valence-electron chi connectivity index (χ3n) is 3.88. The average molecular weight is 426 g/mol. The van der Waals surface area contributed by atoms with Crippen molar-refractivity contribution in [1.82, 2.24) is 0 Å². The van der Waals surface area contributed by atoms with Crippen molar-refractivity contribution in [2.45, 2.75) is 0 Å². The van der Waals surface area contributed by atoms with Gasteiger partial charge in [-0.25, -0.2) is 4.79 Å². The summed E-state index contributed by atoms with van der Waals surface area (Å²) in [5.41, 5.74) is 1.75. The Morgan fingerprint density at radius 3 is 2.62 bits per heavy atom. The molecule has 2 aromatic carbocycles. The number of nitriles is 1. The van der Waals surface area contributed by atoms with Crippen molar-refractivity contribution in [2.75, 3.05) is 18.6 Å². The molecule has 1 N–H and O–H groups in total. The number of carboxylic acid groups (broad SMARTS) is 1. The third kappa shape index (κ3) is 4.56. The number of thioether (sulfide) groups is 1. The number of amides is 1. The van der Waals surface area contributed by atoms with Crippen molar-refractivity contribution >= 4 is 51.9 Å².